The summed E-state index contributed by atoms with van der Waals surface area (Å²) in [6.45, 7) is 6.21. The van der Waals surface area contributed by atoms with Gasteiger partial charge in [-0.3, -0.25) is 0 Å². The number of aryl methyl sites for hydroxylation is 1. The summed E-state index contributed by atoms with van der Waals surface area (Å²) in [5.74, 6) is 3.02. The van der Waals surface area contributed by atoms with E-state index in [4.69, 9.17) is 15.2 Å². The van der Waals surface area contributed by atoms with Crippen LogP contribution < -0.4 is 20.5 Å². The molecule has 3 rings (SSSR count). The highest BCUT2D eigenvalue weighted by molar-refractivity contribution is 5.63. The van der Waals surface area contributed by atoms with Crippen molar-refractivity contribution in [3.05, 3.63) is 59.8 Å². The predicted molar refractivity (Wildman–Crippen MR) is 108 cm³/mol. The standard InChI is InChI=1S/C21H24N4O2/c1-13(2)16-11-17(26-4)14(3)10-18(16)27-19-12-23-21(22)25-20(19)24-15-8-6-5-7-9-15/h5-13H,1-4H3,(H3,22,23,24,25). The summed E-state index contributed by atoms with van der Waals surface area (Å²) in [6.07, 6.45) is 1.58. The van der Waals surface area contributed by atoms with Gasteiger partial charge >= 0.3 is 0 Å². The topological polar surface area (TPSA) is 82.3 Å². The van der Waals surface area contributed by atoms with Gasteiger partial charge in [0.25, 0.3) is 0 Å². The van der Waals surface area contributed by atoms with Crippen molar-refractivity contribution in [2.45, 2.75) is 26.7 Å². The van der Waals surface area contributed by atoms with Crippen LogP contribution in [0, 0.1) is 6.92 Å². The van der Waals surface area contributed by atoms with Crippen LogP contribution in [0.1, 0.15) is 30.9 Å². The van der Waals surface area contributed by atoms with Crippen molar-refractivity contribution in [3.63, 3.8) is 0 Å². The first kappa shape index (κ1) is 18.5. The van der Waals surface area contributed by atoms with E-state index in [0.29, 0.717) is 11.6 Å². The Morgan fingerprint density at radius 3 is 2.44 bits per heavy atom. The summed E-state index contributed by atoms with van der Waals surface area (Å²) < 4.78 is 11.7. The van der Waals surface area contributed by atoms with Gasteiger partial charge in [-0.15, -0.1) is 0 Å². The van der Waals surface area contributed by atoms with Crippen molar-refractivity contribution in [2.75, 3.05) is 18.2 Å². The molecule has 0 bridgehead atoms. The monoisotopic (exact) mass is 364 g/mol. The summed E-state index contributed by atoms with van der Waals surface area (Å²) in [4.78, 5) is 8.39. The molecule has 3 N–H and O–H groups in total. The molecule has 0 aliphatic rings. The minimum absolute atomic E-state index is 0.177. The normalized spacial score (nSPS) is 10.7. The average Bonchev–Trinajstić information content (AvgIpc) is 2.64. The van der Waals surface area contributed by atoms with Crippen LogP contribution in [-0.4, -0.2) is 17.1 Å². The fourth-order valence-corrected chi connectivity index (χ4v) is 2.76. The molecule has 3 aromatic rings. The van der Waals surface area contributed by atoms with Crippen LogP contribution in [0.15, 0.2) is 48.7 Å². The number of hydrogen-bond donors (Lipinski definition) is 2. The lowest BCUT2D eigenvalue weighted by atomic mass is 10.00. The van der Waals surface area contributed by atoms with E-state index in [9.17, 15) is 0 Å². The van der Waals surface area contributed by atoms with Gasteiger partial charge in [-0.2, -0.15) is 4.98 Å². The molecular weight excluding hydrogens is 340 g/mol. The molecule has 2 aromatic carbocycles. The van der Waals surface area contributed by atoms with Gasteiger partial charge < -0.3 is 20.5 Å². The highest BCUT2D eigenvalue weighted by Gasteiger charge is 2.16. The molecule has 0 saturated heterocycles. The van der Waals surface area contributed by atoms with Crippen LogP contribution in [0.3, 0.4) is 0 Å². The van der Waals surface area contributed by atoms with Gasteiger partial charge in [-0.05, 0) is 42.7 Å². The van der Waals surface area contributed by atoms with Crippen LogP contribution in [0.5, 0.6) is 17.2 Å². The number of anilines is 3. The molecule has 0 spiro atoms. The molecule has 27 heavy (non-hydrogen) atoms. The SMILES string of the molecule is COc1cc(C(C)C)c(Oc2cnc(N)nc2Nc2ccccc2)cc1C. The first-order valence-electron chi connectivity index (χ1n) is 8.79. The fourth-order valence-electron chi connectivity index (χ4n) is 2.76. The molecule has 0 aliphatic carbocycles. The number of rotatable bonds is 6. The summed E-state index contributed by atoms with van der Waals surface area (Å²) >= 11 is 0. The number of hydrogen-bond acceptors (Lipinski definition) is 6. The van der Waals surface area contributed by atoms with Crippen LogP contribution >= 0.6 is 0 Å². The molecule has 0 atom stereocenters. The molecular formula is C21H24N4O2. The molecule has 6 heteroatoms. The molecule has 0 unspecified atom stereocenters. The third kappa shape index (κ3) is 4.28. The van der Waals surface area contributed by atoms with Gasteiger partial charge in [0.05, 0.1) is 13.3 Å². The number of nitrogens with two attached hydrogens (primary N) is 1. The van der Waals surface area contributed by atoms with Crippen LogP contribution in [0.2, 0.25) is 0 Å². The van der Waals surface area contributed by atoms with Crippen molar-refractivity contribution in [1.29, 1.82) is 0 Å². The Bertz CT molecular complexity index is 927. The lowest BCUT2D eigenvalue weighted by molar-refractivity contribution is 0.407. The van der Waals surface area contributed by atoms with E-state index in [-0.39, 0.29) is 11.9 Å². The predicted octanol–water partition coefficient (Wildman–Crippen LogP) is 5.04. The maximum Gasteiger partial charge on any atom is 0.222 e. The number of benzene rings is 2. The van der Waals surface area contributed by atoms with Crippen molar-refractivity contribution in [1.82, 2.24) is 9.97 Å². The van der Waals surface area contributed by atoms with Gasteiger partial charge in [0.1, 0.15) is 11.5 Å². The Kier molecular flexibility index (Phi) is 5.45. The Morgan fingerprint density at radius 1 is 1.04 bits per heavy atom. The van der Waals surface area contributed by atoms with E-state index in [1.165, 1.54) is 0 Å². The van der Waals surface area contributed by atoms with E-state index >= 15 is 0 Å². The second kappa shape index (κ2) is 7.95. The summed E-state index contributed by atoms with van der Waals surface area (Å²) in [6, 6.07) is 13.7. The number of ether oxygens (including phenoxy) is 2. The van der Waals surface area contributed by atoms with Gasteiger partial charge in [-0.25, -0.2) is 4.98 Å². The van der Waals surface area contributed by atoms with Crippen molar-refractivity contribution in [3.8, 4) is 17.2 Å². The largest absolute Gasteiger partial charge is 0.496 e. The number of aromatic nitrogens is 2. The number of para-hydroxylation sites is 1. The summed E-state index contributed by atoms with van der Waals surface area (Å²) in [7, 11) is 1.67. The zero-order valence-corrected chi connectivity index (χ0v) is 16.0. The first-order chi connectivity index (χ1) is 13.0. The minimum atomic E-state index is 0.177. The number of nitrogens with zero attached hydrogens (tertiary/aromatic N) is 2. The van der Waals surface area contributed by atoms with E-state index in [2.05, 4.69) is 29.1 Å². The quantitative estimate of drug-likeness (QED) is 0.638. The Hall–Kier alpha value is -3.28. The zero-order chi connectivity index (χ0) is 19.4. The molecule has 1 aromatic heterocycles. The molecule has 0 aliphatic heterocycles. The zero-order valence-electron chi connectivity index (χ0n) is 16.0. The fraction of sp³-hybridized carbons (Fsp3) is 0.238. The lowest BCUT2D eigenvalue weighted by Crippen LogP contribution is -2.04. The third-order valence-electron chi connectivity index (χ3n) is 4.18. The molecule has 1 heterocycles. The maximum absolute atomic E-state index is 6.21. The first-order valence-corrected chi connectivity index (χ1v) is 8.79. The van der Waals surface area contributed by atoms with E-state index < -0.39 is 0 Å². The smallest absolute Gasteiger partial charge is 0.222 e. The van der Waals surface area contributed by atoms with Gasteiger partial charge in [-0.1, -0.05) is 32.0 Å². The maximum atomic E-state index is 6.21. The summed E-state index contributed by atoms with van der Waals surface area (Å²) in [5, 5.41) is 3.24. The number of methoxy groups -OCH3 is 1. The van der Waals surface area contributed by atoms with E-state index in [1.807, 2.05) is 49.4 Å². The molecule has 0 fully saturated rings. The van der Waals surface area contributed by atoms with Gasteiger partial charge in [0.2, 0.25) is 5.95 Å². The molecule has 6 nitrogen and oxygen atoms in total. The van der Waals surface area contributed by atoms with Crippen molar-refractivity contribution in [2.24, 2.45) is 0 Å². The molecule has 140 valence electrons. The van der Waals surface area contributed by atoms with Gasteiger partial charge in [0.15, 0.2) is 11.6 Å². The highest BCUT2D eigenvalue weighted by atomic mass is 16.5. The second-order valence-corrected chi connectivity index (χ2v) is 6.55. The van der Waals surface area contributed by atoms with Crippen LogP contribution in [0.4, 0.5) is 17.5 Å². The van der Waals surface area contributed by atoms with E-state index in [1.54, 1.807) is 13.3 Å². The lowest BCUT2D eigenvalue weighted by Gasteiger charge is -2.18. The van der Waals surface area contributed by atoms with Crippen LogP contribution in [-0.2, 0) is 0 Å². The summed E-state index contributed by atoms with van der Waals surface area (Å²) in [5.41, 5.74) is 8.70. The molecule has 0 radical (unpaired) electrons. The minimum Gasteiger partial charge on any atom is -0.496 e. The Labute approximate surface area is 159 Å². The third-order valence-corrected chi connectivity index (χ3v) is 4.18. The Balaban J connectivity index is 2.00. The number of nitrogens with one attached hydrogen (secondary N) is 1. The van der Waals surface area contributed by atoms with Crippen LogP contribution in [0.25, 0.3) is 0 Å². The van der Waals surface area contributed by atoms with Crippen molar-refractivity contribution >= 4 is 17.5 Å². The second-order valence-electron chi connectivity index (χ2n) is 6.55. The van der Waals surface area contributed by atoms with Crippen molar-refractivity contribution < 1.29 is 9.47 Å². The Morgan fingerprint density at radius 2 is 1.78 bits per heavy atom. The molecule has 0 amide bonds. The molecule has 0 saturated carbocycles. The average molecular weight is 364 g/mol. The number of nitrogen functional groups attached to an aromatic ring is 1. The highest BCUT2D eigenvalue weighted by Crippen LogP contribution is 2.38. The van der Waals surface area contributed by atoms with E-state index in [0.717, 1.165) is 28.3 Å². The van der Waals surface area contributed by atoms with Gasteiger partial charge in [0, 0.05) is 11.3 Å².